The summed E-state index contributed by atoms with van der Waals surface area (Å²) in [6.45, 7) is 0.756. The molecule has 0 radical (unpaired) electrons. The van der Waals surface area contributed by atoms with Crippen molar-refractivity contribution in [1.29, 1.82) is 0 Å². The van der Waals surface area contributed by atoms with Gasteiger partial charge in [-0.15, -0.1) is 0 Å². The maximum atomic E-state index is 10.7. The fourth-order valence-corrected chi connectivity index (χ4v) is 2.44. The van der Waals surface area contributed by atoms with Crippen LogP contribution in [-0.2, 0) is 0 Å². The van der Waals surface area contributed by atoms with Crippen molar-refractivity contribution in [3.63, 3.8) is 0 Å². The average molecular weight is 248 g/mol. The minimum atomic E-state index is -0.898. The van der Waals surface area contributed by atoms with E-state index < -0.39 is 5.97 Å². The van der Waals surface area contributed by atoms with E-state index in [0.29, 0.717) is 11.5 Å². The largest absolute Gasteiger partial charge is 0.493 e. The van der Waals surface area contributed by atoms with Crippen LogP contribution in [0.2, 0.25) is 0 Å². The van der Waals surface area contributed by atoms with E-state index in [1.165, 1.54) is 38.5 Å². The van der Waals surface area contributed by atoms with E-state index in [-0.39, 0.29) is 0 Å². The monoisotopic (exact) mass is 248 g/mol. The van der Waals surface area contributed by atoms with E-state index in [9.17, 15) is 4.79 Å². The number of hydrogen-bond acceptors (Lipinski definition) is 2. The molecule has 1 aromatic rings. The van der Waals surface area contributed by atoms with Crippen LogP contribution in [0.1, 0.15) is 48.9 Å². The molecule has 0 aromatic heterocycles. The van der Waals surface area contributed by atoms with E-state index in [4.69, 9.17) is 9.84 Å². The number of aromatic carboxylic acids is 1. The second-order valence-corrected chi connectivity index (χ2v) is 5.00. The lowest BCUT2D eigenvalue weighted by atomic mass is 10.0. The summed E-state index contributed by atoms with van der Waals surface area (Å²) in [5, 5.41) is 8.80. The molecule has 0 bridgehead atoms. The standard InChI is InChI=1S/C15H20O3/c16-15(17)13-7-9-14(10-8-13)18-11-12-5-3-1-2-4-6-12/h7-10,12H,1-6,11H2,(H,16,17). The molecule has 1 N–H and O–H groups in total. The topological polar surface area (TPSA) is 46.5 Å². The molecule has 1 fully saturated rings. The number of rotatable bonds is 4. The Morgan fingerprint density at radius 1 is 1.11 bits per heavy atom. The van der Waals surface area contributed by atoms with E-state index in [2.05, 4.69) is 0 Å². The zero-order chi connectivity index (χ0) is 12.8. The first-order valence-corrected chi connectivity index (χ1v) is 6.72. The zero-order valence-corrected chi connectivity index (χ0v) is 10.6. The van der Waals surface area contributed by atoms with Gasteiger partial charge in [0.1, 0.15) is 5.75 Å². The normalized spacial score (nSPS) is 17.1. The number of benzene rings is 1. The molecule has 1 saturated carbocycles. The van der Waals surface area contributed by atoms with Crippen molar-refractivity contribution in [2.75, 3.05) is 6.61 Å². The smallest absolute Gasteiger partial charge is 0.335 e. The van der Waals surface area contributed by atoms with E-state index in [1.807, 2.05) is 0 Å². The number of carboxylic acids is 1. The van der Waals surface area contributed by atoms with Gasteiger partial charge < -0.3 is 9.84 Å². The molecule has 0 amide bonds. The number of hydrogen-bond donors (Lipinski definition) is 1. The minimum absolute atomic E-state index is 0.303. The van der Waals surface area contributed by atoms with Crippen LogP contribution >= 0.6 is 0 Å². The molecule has 1 aromatic carbocycles. The number of carbonyl (C=O) groups is 1. The van der Waals surface area contributed by atoms with Crippen molar-refractivity contribution in [3.05, 3.63) is 29.8 Å². The Kier molecular flexibility index (Phi) is 4.62. The molecule has 98 valence electrons. The summed E-state index contributed by atoms with van der Waals surface area (Å²) >= 11 is 0. The van der Waals surface area contributed by atoms with Crippen LogP contribution in [0.15, 0.2) is 24.3 Å². The van der Waals surface area contributed by atoms with Crippen molar-refractivity contribution < 1.29 is 14.6 Å². The van der Waals surface area contributed by atoms with Crippen LogP contribution in [0.5, 0.6) is 5.75 Å². The predicted octanol–water partition coefficient (Wildman–Crippen LogP) is 3.73. The average Bonchev–Trinajstić information content (AvgIpc) is 2.65. The van der Waals surface area contributed by atoms with Gasteiger partial charge in [0.05, 0.1) is 12.2 Å². The van der Waals surface area contributed by atoms with E-state index >= 15 is 0 Å². The van der Waals surface area contributed by atoms with Crippen LogP contribution in [-0.4, -0.2) is 17.7 Å². The van der Waals surface area contributed by atoms with E-state index in [1.54, 1.807) is 24.3 Å². The molecule has 3 heteroatoms. The lowest BCUT2D eigenvalue weighted by Gasteiger charge is -2.15. The summed E-state index contributed by atoms with van der Waals surface area (Å²) in [6, 6.07) is 6.65. The van der Waals surface area contributed by atoms with E-state index in [0.717, 1.165) is 12.4 Å². The van der Waals surface area contributed by atoms with Crippen molar-refractivity contribution in [2.24, 2.45) is 5.92 Å². The molecule has 18 heavy (non-hydrogen) atoms. The van der Waals surface area contributed by atoms with Gasteiger partial charge in [0, 0.05) is 0 Å². The molecule has 0 atom stereocenters. The zero-order valence-electron chi connectivity index (χ0n) is 10.6. The van der Waals surface area contributed by atoms with Gasteiger partial charge in [0.15, 0.2) is 0 Å². The quantitative estimate of drug-likeness (QED) is 0.826. The lowest BCUT2D eigenvalue weighted by molar-refractivity contribution is 0.0697. The first-order valence-electron chi connectivity index (χ1n) is 6.72. The van der Waals surface area contributed by atoms with Gasteiger partial charge in [-0.3, -0.25) is 0 Å². The Morgan fingerprint density at radius 2 is 1.72 bits per heavy atom. The molecular weight excluding hydrogens is 228 g/mol. The summed E-state index contributed by atoms with van der Waals surface area (Å²) in [5.74, 6) is 0.529. The highest BCUT2D eigenvalue weighted by molar-refractivity contribution is 5.87. The van der Waals surface area contributed by atoms with Gasteiger partial charge in [-0.25, -0.2) is 4.79 Å². The van der Waals surface area contributed by atoms with Crippen LogP contribution in [0.3, 0.4) is 0 Å². The third kappa shape index (κ3) is 3.76. The SMILES string of the molecule is O=C(O)c1ccc(OCC2CCCCCC2)cc1. The maximum Gasteiger partial charge on any atom is 0.335 e. The second kappa shape index (κ2) is 6.43. The Morgan fingerprint density at radius 3 is 2.28 bits per heavy atom. The molecule has 0 saturated heterocycles. The van der Waals surface area contributed by atoms with Crippen molar-refractivity contribution in [3.8, 4) is 5.75 Å². The van der Waals surface area contributed by atoms with Gasteiger partial charge >= 0.3 is 5.97 Å². The molecule has 3 nitrogen and oxygen atoms in total. The molecule has 1 aliphatic rings. The van der Waals surface area contributed by atoms with Crippen molar-refractivity contribution in [2.45, 2.75) is 38.5 Å². The molecule has 2 rings (SSSR count). The second-order valence-electron chi connectivity index (χ2n) is 5.00. The first kappa shape index (κ1) is 12.9. The van der Waals surface area contributed by atoms with Crippen molar-refractivity contribution in [1.82, 2.24) is 0 Å². The third-order valence-corrected chi connectivity index (χ3v) is 3.56. The highest BCUT2D eigenvalue weighted by Crippen LogP contribution is 2.24. The van der Waals surface area contributed by atoms with Gasteiger partial charge in [-0.1, -0.05) is 25.7 Å². The fraction of sp³-hybridized carbons (Fsp3) is 0.533. The molecule has 0 unspecified atom stereocenters. The summed E-state index contributed by atoms with van der Waals surface area (Å²) < 4.78 is 5.74. The van der Waals surface area contributed by atoms with Crippen molar-refractivity contribution >= 4 is 5.97 Å². The van der Waals surface area contributed by atoms with Crippen LogP contribution < -0.4 is 4.74 Å². The molecule has 0 heterocycles. The first-order chi connectivity index (χ1) is 8.75. The minimum Gasteiger partial charge on any atom is -0.493 e. The Labute approximate surface area is 108 Å². The molecular formula is C15H20O3. The highest BCUT2D eigenvalue weighted by Gasteiger charge is 2.13. The fourth-order valence-electron chi connectivity index (χ4n) is 2.44. The summed E-state index contributed by atoms with van der Waals surface area (Å²) in [4.78, 5) is 10.7. The van der Waals surface area contributed by atoms with Gasteiger partial charge in [0.2, 0.25) is 0 Å². The highest BCUT2D eigenvalue weighted by atomic mass is 16.5. The van der Waals surface area contributed by atoms with Gasteiger partial charge in [-0.2, -0.15) is 0 Å². The summed E-state index contributed by atoms with van der Waals surface area (Å²) in [6.07, 6.45) is 7.84. The van der Waals surface area contributed by atoms with Crippen LogP contribution in [0.4, 0.5) is 0 Å². The van der Waals surface area contributed by atoms with Crippen LogP contribution in [0, 0.1) is 5.92 Å². The third-order valence-electron chi connectivity index (χ3n) is 3.56. The molecule has 0 spiro atoms. The van der Waals surface area contributed by atoms with Crippen LogP contribution in [0.25, 0.3) is 0 Å². The van der Waals surface area contributed by atoms with Gasteiger partial charge in [-0.05, 0) is 43.0 Å². The Bertz CT molecular complexity index is 375. The van der Waals surface area contributed by atoms with Gasteiger partial charge in [0.25, 0.3) is 0 Å². The maximum absolute atomic E-state index is 10.7. The summed E-state index contributed by atoms with van der Waals surface area (Å²) in [5.41, 5.74) is 0.303. The number of ether oxygens (including phenoxy) is 1. The molecule has 1 aliphatic carbocycles. The molecule has 0 aliphatic heterocycles. The Hall–Kier alpha value is -1.51. The number of carboxylic acid groups (broad SMARTS) is 1. The predicted molar refractivity (Wildman–Crippen MR) is 70.1 cm³/mol. The Balaban J connectivity index is 1.83. The summed E-state index contributed by atoms with van der Waals surface area (Å²) in [7, 11) is 0. The lowest BCUT2D eigenvalue weighted by Crippen LogP contribution is -2.11.